The van der Waals surface area contributed by atoms with Gasteiger partial charge in [0.1, 0.15) is 0 Å². The van der Waals surface area contributed by atoms with Gasteiger partial charge in [0.2, 0.25) is 0 Å². The number of aliphatic carboxylic acids is 1. The topological polar surface area (TPSA) is 49.3 Å². The Balaban J connectivity index is 1.87. The molecule has 0 saturated heterocycles. The van der Waals surface area contributed by atoms with Gasteiger partial charge in [-0.3, -0.25) is 4.79 Å². The van der Waals surface area contributed by atoms with Crippen LogP contribution in [0.5, 0.6) is 0 Å². The summed E-state index contributed by atoms with van der Waals surface area (Å²) in [6.07, 6.45) is 7.52. The van der Waals surface area contributed by atoms with Gasteiger partial charge in [-0.1, -0.05) is 42.5 Å². The monoisotopic (exact) mass is 285 g/mol. The van der Waals surface area contributed by atoms with Crippen LogP contribution < -0.4 is 5.32 Å². The van der Waals surface area contributed by atoms with Gasteiger partial charge in [0.05, 0.1) is 0 Å². The Hall–Kier alpha value is -1.94. The first-order chi connectivity index (χ1) is 9.72. The van der Waals surface area contributed by atoms with Gasteiger partial charge in [0.25, 0.3) is 0 Å². The van der Waals surface area contributed by atoms with Crippen LogP contribution in [0.25, 0.3) is 0 Å². The molecule has 0 fully saturated rings. The minimum absolute atomic E-state index is 0.590. The standard InChI is InChI=1S/C16H15NO2S/c18-15(19)16(20-11-12-4-2-1-3-5-12)8-6-13-7-9-17-10-14(13)16/h1-9,17H,10-11H2,(H,18,19). The van der Waals surface area contributed by atoms with Crippen molar-refractivity contribution in [3.8, 4) is 0 Å². The number of carboxylic acids is 1. The quantitative estimate of drug-likeness (QED) is 0.893. The molecule has 0 bridgehead atoms. The van der Waals surface area contributed by atoms with Gasteiger partial charge in [0.15, 0.2) is 4.75 Å². The molecular formula is C16H15NO2S. The largest absolute Gasteiger partial charge is 0.480 e. The van der Waals surface area contributed by atoms with Crippen LogP contribution in [0.1, 0.15) is 5.56 Å². The molecule has 1 heterocycles. The average Bonchev–Trinajstić information content (AvgIpc) is 2.87. The second-order valence-corrected chi connectivity index (χ2v) is 6.02. The normalized spacial score (nSPS) is 23.6. The van der Waals surface area contributed by atoms with Gasteiger partial charge in [-0.15, -0.1) is 11.8 Å². The lowest BCUT2D eigenvalue weighted by molar-refractivity contribution is -0.137. The zero-order valence-corrected chi connectivity index (χ0v) is 11.7. The van der Waals surface area contributed by atoms with Crippen molar-refractivity contribution in [3.05, 3.63) is 71.5 Å². The molecule has 0 spiro atoms. The first kappa shape index (κ1) is 13.1. The Kier molecular flexibility index (Phi) is 3.40. The highest BCUT2D eigenvalue weighted by Gasteiger charge is 2.44. The number of hydrogen-bond acceptors (Lipinski definition) is 3. The van der Waals surface area contributed by atoms with Crippen LogP contribution in [0, 0.1) is 0 Å². The third-order valence-corrected chi connectivity index (χ3v) is 5.07. The summed E-state index contributed by atoms with van der Waals surface area (Å²) in [6.45, 7) is 0.590. The minimum Gasteiger partial charge on any atom is -0.480 e. The van der Waals surface area contributed by atoms with Crippen LogP contribution >= 0.6 is 11.8 Å². The SMILES string of the molecule is O=C(O)C1(SCc2ccccc2)C=CC2=C1CNC=C2. The van der Waals surface area contributed by atoms with E-state index in [0.29, 0.717) is 12.3 Å². The molecule has 1 unspecified atom stereocenters. The minimum atomic E-state index is -0.942. The Bertz CT molecular complexity index is 619. The lowest BCUT2D eigenvalue weighted by atomic mass is 9.98. The third kappa shape index (κ3) is 2.16. The summed E-state index contributed by atoms with van der Waals surface area (Å²) in [6, 6.07) is 9.96. The maximum atomic E-state index is 11.8. The maximum Gasteiger partial charge on any atom is 0.328 e. The van der Waals surface area contributed by atoms with Gasteiger partial charge in [-0.2, -0.15) is 0 Å². The van der Waals surface area contributed by atoms with Gasteiger partial charge >= 0.3 is 5.97 Å². The van der Waals surface area contributed by atoms with Crippen molar-refractivity contribution >= 4 is 17.7 Å². The fourth-order valence-electron chi connectivity index (χ4n) is 2.49. The number of dihydropyridines is 1. The van der Waals surface area contributed by atoms with Crippen LogP contribution in [0.4, 0.5) is 0 Å². The summed E-state index contributed by atoms with van der Waals surface area (Å²) < 4.78 is -0.942. The van der Waals surface area contributed by atoms with Crippen molar-refractivity contribution in [1.82, 2.24) is 5.32 Å². The summed E-state index contributed by atoms with van der Waals surface area (Å²) in [4.78, 5) is 11.8. The molecule has 0 amide bonds. The molecule has 20 heavy (non-hydrogen) atoms. The molecule has 3 nitrogen and oxygen atoms in total. The molecule has 1 aromatic rings. The van der Waals surface area contributed by atoms with Crippen molar-refractivity contribution in [2.24, 2.45) is 0 Å². The van der Waals surface area contributed by atoms with E-state index in [4.69, 9.17) is 0 Å². The fourth-order valence-corrected chi connectivity index (χ4v) is 3.73. The second-order valence-electron chi connectivity index (χ2n) is 4.80. The summed E-state index contributed by atoms with van der Waals surface area (Å²) in [5, 5.41) is 12.8. The van der Waals surface area contributed by atoms with E-state index in [-0.39, 0.29) is 0 Å². The van der Waals surface area contributed by atoms with Gasteiger partial charge in [-0.25, -0.2) is 0 Å². The first-order valence-electron chi connectivity index (χ1n) is 6.46. The molecule has 1 aliphatic heterocycles. The number of nitrogens with one attached hydrogen (secondary N) is 1. The number of carboxylic acid groups (broad SMARTS) is 1. The Morgan fingerprint density at radius 2 is 2.10 bits per heavy atom. The van der Waals surface area contributed by atoms with Crippen LogP contribution in [0.3, 0.4) is 0 Å². The summed E-state index contributed by atoms with van der Waals surface area (Å²) in [5.41, 5.74) is 3.10. The smallest absolute Gasteiger partial charge is 0.328 e. The summed E-state index contributed by atoms with van der Waals surface area (Å²) >= 11 is 1.46. The number of carbonyl (C=O) groups is 1. The molecule has 0 radical (unpaired) electrons. The van der Waals surface area contributed by atoms with E-state index in [1.165, 1.54) is 11.8 Å². The van der Waals surface area contributed by atoms with E-state index in [1.54, 1.807) is 0 Å². The van der Waals surface area contributed by atoms with E-state index in [9.17, 15) is 9.90 Å². The Labute approximate surface area is 122 Å². The van der Waals surface area contributed by atoms with Crippen LogP contribution in [0.2, 0.25) is 0 Å². The number of rotatable bonds is 4. The van der Waals surface area contributed by atoms with Crippen molar-refractivity contribution in [2.75, 3.05) is 6.54 Å². The van der Waals surface area contributed by atoms with Crippen LogP contribution in [-0.2, 0) is 10.5 Å². The van der Waals surface area contributed by atoms with Crippen LogP contribution in [0.15, 0.2) is 65.9 Å². The maximum absolute atomic E-state index is 11.8. The number of allylic oxidation sites excluding steroid dienone is 3. The van der Waals surface area contributed by atoms with Gasteiger partial charge in [0, 0.05) is 12.3 Å². The molecule has 102 valence electrons. The predicted octanol–water partition coefficient (Wildman–Crippen LogP) is 2.73. The zero-order chi connectivity index (χ0) is 14.0. The van der Waals surface area contributed by atoms with E-state index < -0.39 is 10.7 Å². The van der Waals surface area contributed by atoms with Crippen molar-refractivity contribution in [2.45, 2.75) is 10.5 Å². The molecule has 2 aliphatic rings. The summed E-state index contributed by atoms with van der Waals surface area (Å²) in [5.74, 6) is -0.116. The molecule has 3 rings (SSSR count). The molecule has 0 aromatic heterocycles. The van der Waals surface area contributed by atoms with Crippen molar-refractivity contribution in [1.29, 1.82) is 0 Å². The lowest BCUT2D eigenvalue weighted by Gasteiger charge is -2.28. The molecule has 4 heteroatoms. The number of hydrogen-bond donors (Lipinski definition) is 2. The van der Waals surface area contributed by atoms with E-state index >= 15 is 0 Å². The van der Waals surface area contributed by atoms with Crippen LogP contribution in [-0.4, -0.2) is 22.4 Å². The summed E-state index contributed by atoms with van der Waals surface area (Å²) in [7, 11) is 0. The molecule has 1 aromatic carbocycles. The predicted molar refractivity (Wildman–Crippen MR) is 81.4 cm³/mol. The highest BCUT2D eigenvalue weighted by molar-refractivity contribution is 8.01. The van der Waals surface area contributed by atoms with E-state index in [2.05, 4.69) is 5.32 Å². The molecule has 1 aliphatic carbocycles. The second kappa shape index (κ2) is 5.21. The van der Waals surface area contributed by atoms with Gasteiger partial charge < -0.3 is 10.4 Å². The lowest BCUT2D eigenvalue weighted by Crippen LogP contribution is -2.38. The zero-order valence-electron chi connectivity index (χ0n) is 10.9. The third-order valence-electron chi connectivity index (χ3n) is 3.58. The molecular weight excluding hydrogens is 270 g/mol. The molecule has 2 N–H and O–H groups in total. The highest BCUT2D eigenvalue weighted by Crippen LogP contribution is 2.43. The Morgan fingerprint density at radius 3 is 2.85 bits per heavy atom. The van der Waals surface area contributed by atoms with Crippen molar-refractivity contribution < 1.29 is 9.90 Å². The molecule has 0 saturated carbocycles. The fraction of sp³-hybridized carbons (Fsp3) is 0.188. The van der Waals surface area contributed by atoms with Gasteiger partial charge in [-0.05, 0) is 29.0 Å². The first-order valence-corrected chi connectivity index (χ1v) is 7.45. The number of thioether (sulfide) groups is 1. The highest BCUT2D eigenvalue weighted by atomic mass is 32.2. The number of benzene rings is 1. The van der Waals surface area contributed by atoms with E-state index in [0.717, 1.165) is 16.7 Å². The average molecular weight is 285 g/mol. The molecule has 1 atom stereocenters. The Morgan fingerprint density at radius 1 is 1.30 bits per heavy atom. The van der Waals surface area contributed by atoms with E-state index in [1.807, 2.05) is 54.8 Å². The van der Waals surface area contributed by atoms with Crippen molar-refractivity contribution in [3.63, 3.8) is 0 Å².